The number of carbonyl (C=O) groups is 1. The van der Waals surface area contributed by atoms with Crippen molar-refractivity contribution in [3.8, 4) is 0 Å². The number of hydrogen-bond acceptors (Lipinski definition) is 2. The van der Waals surface area contributed by atoms with Crippen molar-refractivity contribution >= 4 is 5.91 Å². The number of nitrogens with one attached hydrogen (secondary N) is 1. The molecule has 1 heterocycles. The Bertz CT molecular complexity index is 271. The normalized spacial score (nSPS) is 30.9. The van der Waals surface area contributed by atoms with E-state index >= 15 is 0 Å². The summed E-state index contributed by atoms with van der Waals surface area (Å²) in [6.45, 7) is 7.02. The van der Waals surface area contributed by atoms with E-state index in [1.807, 2.05) is 20.8 Å². The largest absolute Gasteiger partial charge is 0.320 e. The first-order valence-corrected chi connectivity index (χ1v) is 5.68. The summed E-state index contributed by atoms with van der Waals surface area (Å²) >= 11 is 0. The Balaban J connectivity index is 2.89. The third-order valence-electron chi connectivity index (χ3n) is 3.21. The molecule has 3 nitrogen and oxygen atoms in total. The lowest BCUT2D eigenvalue weighted by Crippen LogP contribution is -2.45. The van der Waals surface area contributed by atoms with Crippen molar-refractivity contribution in [2.24, 2.45) is 5.92 Å². The third-order valence-corrected chi connectivity index (χ3v) is 3.21. The number of alkyl halides is 2. The summed E-state index contributed by atoms with van der Waals surface area (Å²) in [7, 11) is 0. The van der Waals surface area contributed by atoms with E-state index in [4.69, 9.17) is 0 Å². The first kappa shape index (κ1) is 13.4. The van der Waals surface area contributed by atoms with E-state index in [1.165, 1.54) is 4.90 Å². The minimum absolute atomic E-state index is 0.121. The molecule has 0 bridgehead atoms. The molecular formula is C11H20F2N2O. The maximum absolute atomic E-state index is 12.4. The first-order chi connectivity index (χ1) is 7.31. The van der Waals surface area contributed by atoms with Crippen molar-refractivity contribution < 1.29 is 13.6 Å². The average Bonchev–Trinajstić information content (AvgIpc) is 2.43. The number of rotatable bonds is 4. The fraction of sp³-hybridized carbons (Fsp3) is 0.909. The lowest BCUT2D eigenvalue weighted by molar-refractivity contribution is -0.135. The molecule has 16 heavy (non-hydrogen) atoms. The molecule has 5 heteroatoms. The second-order valence-corrected chi connectivity index (χ2v) is 4.87. The molecular weight excluding hydrogens is 214 g/mol. The fourth-order valence-electron chi connectivity index (χ4n) is 2.03. The molecule has 2 atom stereocenters. The van der Waals surface area contributed by atoms with Crippen molar-refractivity contribution in [2.45, 2.75) is 52.2 Å². The van der Waals surface area contributed by atoms with E-state index < -0.39 is 18.5 Å². The van der Waals surface area contributed by atoms with E-state index in [-0.39, 0.29) is 18.0 Å². The Morgan fingerprint density at radius 2 is 2.06 bits per heavy atom. The predicted octanol–water partition coefficient (Wildman–Crippen LogP) is 1.83. The van der Waals surface area contributed by atoms with Gasteiger partial charge in [-0.15, -0.1) is 0 Å². The molecule has 2 unspecified atom stereocenters. The summed E-state index contributed by atoms with van der Waals surface area (Å²) in [5.41, 5.74) is -0.691. The number of hydrogen-bond donors (Lipinski definition) is 1. The monoisotopic (exact) mass is 234 g/mol. The van der Waals surface area contributed by atoms with Crippen molar-refractivity contribution in [1.29, 1.82) is 0 Å². The van der Waals surface area contributed by atoms with Crippen LogP contribution in [-0.4, -0.2) is 35.5 Å². The predicted molar refractivity (Wildman–Crippen MR) is 58.2 cm³/mol. The second-order valence-electron chi connectivity index (χ2n) is 4.87. The number of halogens is 2. The molecule has 0 spiro atoms. The minimum atomic E-state index is -2.48. The SMILES string of the molecule is CCC1(C)NC(C(C)C)N(CC(F)F)C1=O. The molecule has 1 saturated heterocycles. The van der Waals surface area contributed by atoms with Crippen molar-refractivity contribution in [3.05, 3.63) is 0 Å². The van der Waals surface area contributed by atoms with E-state index in [2.05, 4.69) is 5.32 Å². The maximum atomic E-state index is 12.4. The lowest BCUT2D eigenvalue weighted by Gasteiger charge is -2.26. The number of nitrogens with zero attached hydrogens (tertiary/aromatic N) is 1. The zero-order valence-corrected chi connectivity index (χ0v) is 10.3. The summed E-state index contributed by atoms with van der Waals surface area (Å²) in [6.07, 6.45) is -2.16. The highest BCUT2D eigenvalue weighted by Gasteiger charge is 2.48. The van der Waals surface area contributed by atoms with Crippen LogP contribution in [0.3, 0.4) is 0 Å². The van der Waals surface area contributed by atoms with Gasteiger partial charge in [-0.1, -0.05) is 20.8 Å². The van der Waals surface area contributed by atoms with Crippen LogP contribution >= 0.6 is 0 Å². The lowest BCUT2D eigenvalue weighted by atomic mass is 9.99. The molecule has 1 fully saturated rings. The Morgan fingerprint density at radius 1 is 1.50 bits per heavy atom. The molecule has 1 aliphatic rings. The second kappa shape index (κ2) is 4.65. The van der Waals surface area contributed by atoms with Gasteiger partial charge in [-0.25, -0.2) is 8.78 Å². The highest BCUT2D eigenvalue weighted by Crippen LogP contribution is 2.27. The summed E-state index contributed by atoms with van der Waals surface area (Å²) < 4.78 is 24.9. The van der Waals surface area contributed by atoms with Crippen LogP contribution in [0, 0.1) is 5.92 Å². The van der Waals surface area contributed by atoms with Gasteiger partial charge in [-0.2, -0.15) is 0 Å². The summed E-state index contributed by atoms with van der Waals surface area (Å²) in [5.74, 6) is -0.0925. The van der Waals surface area contributed by atoms with Crippen LogP contribution in [0.5, 0.6) is 0 Å². The Hall–Kier alpha value is -0.710. The summed E-state index contributed by atoms with van der Waals surface area (Å²) in [5, 5.41) is 3.16. The van der Waals surface area contributed by atoms with Gasteiger partial charge in [0.2, 0.25) is 5.91 Å². The van der Waals surface area contributed by atoms with Crippen LogP contribution in [0.1, 0.15) is 34.1 Å². The smallest absolute Gasteiger partial charge is 0.255 e. The van der Waals surface area contributed by atoms with Gasteiger partial charge in [-0.05, 0) is 19.3 Å². The van der Waals surface area contributed by atoms with E-state index in [0.717, 1.165) is 0 Å². The molecule has 1 amide bonds. The topological polar surface area (TPSA) is 32.3 Å². The Kier molecular flexibility index (Phi) is 3.88. The number of amides is 1. The quantitative estimate of drug-likeness (QED) is 0.805. The number of carbonyl (C=O) groups excluding carboxylic acids is 1. The van der Waals surface area contributed by atoms with Crippen LogP contribution < -0.4 is 5.32 Å². The zero-order chi connectivity index (χ0) is 12.5. The van der Waals surface area contributed by atoms with Crippen LogP contribution in [0.4, 0.5) is 8.78 Å². The van der Waals surface area contributed by atoms with Crippen LogP contribution in [0.15, 0.2) is 0 Å². The summed E-state index contributed by atoms with van der Waals surface area (Å²) in [4.78, 5) is 13.3. The fourth-order valence-corrected chi connectivity index (χ4v) is 2.03. The van der Waals surface area contributed by atoms with Crippen LogP contribution in [0.2, 0.25) is 0 Å². The van der Waals surface area contributed by atoms with Crippen molar-refractivity contribution in [3.63, 3.8) is 0 Å². The molecule has 94 valence electrons. The van der Waals surface area contributed by atoms with E-state index in [1.54, 1.807) is 6.92 Å². The molecule has 0 aliphatic carbocycles. The van der Waals surface area contributed by atoms with Crippen molar-refractivity contribution in [1.82, 2.24) is 10.2 Å². The highest BCUT2D eigenvalue weighted by atomic mass is 19.3. The molecule has 0 saturated carbocycles. The van der Waals surface area contributed by atoms with Gasteiger partial charge in [0.05, 0.1) is 18.2 Å². The highest BCUT2D eigenvalue weighted by molar-refractivity contribution is 5.88. The zero-order valence-electron chi connectivity index (χ0n) is 10.3. The van der Waals surface area contributed by atoms with Crippen LogP contribution in [-0.2, 0) is 4.79 Å². The van der Waals surface area contributed by atoms with Gasteiger partial charge >= 0.3 is 0 Å². The van der Waals surface area contributed by atoms with Crippen molar-refractivity contribution in [2.75, 3.05) is 6.54 Å². The molecule has 1 rings (SSSR count). The third kappa shape index (κ3) is 2.34. The van der Waals surface area contributed by atoms with Crippen LogP contribution in [0.25, 0.3) is 0 Å². The van der Waals surface area contributed by atoms with Gasteiger partial charge in [0.1, 0.15) is 0 Å². The Labute approximate surface area is 95.2 Å². The first-order valence-electron chi connectivity index (χ1n) is 5.68. The minimum Gasteiger partial charge on any atom is -0.320 e. The van der Waals surface area contributed by atoms with Gasteiger partial charge in [0.25, 0.3) is 6.43 Å². The molecule has 0 aromatic rings. The van der Waals surface area contributed by atoms with Gasteiger partial charge in [-0.3, -0.25) is 10.1 Å². The molecule has 0 aromatic heterocycles. The van der Waals surface area contributed by atoms with E-state index in [0.29, 0.717) is 6.42 Å². The van der Waals surface area contributed by atoms with Gasteiger partial charge < -0.3 is 4.90 Å². The van der Waals surface area contributed by atoms with E-state index in [9.17, 15) is 13.6 Å². The standard InChI is InChI=1S/C11H20F2N2O/c1-5-11(4)10(16)15(6-8(12)13)9(14-11)7(2)3/h7-9,14H,5-6H2,1-4H3. The van der Waals surface area contributed by atoms with Gasteiger partial charge in [0, 0.05) is 0 Å². The average molecular weight is 234 g/mol. The maximum Gasteiger partial charge on any atom is 0.255 e. The molecule has 0 radical (unpaired) electrons. The van der Waals surface area contributed by atoms with Gasteiger partial charge in [0.15, 0.2) is 0 Å². The molecule has 0 aromatic carbocycles. The Morgan fingerprint density at radius 3 is 2.44 bits per heavy atom. The molecule has 1 aliphatic heterocycles. The molecule has 1 N–H and O–H groups in total. The summed E-state index contributed by atoms with van der Waals surface area (Å²) in [6, 6.07) is 0.